The zero-order valence-electron chi connectivity index (χ0n) is 25.8. The number of carbonyl (C=O) groups excluding carboxylic acids is 1. The van der Waals surface area contributed by atoms with E-state index in [1.807, 2.05) is 13.8 Å². The van der Waals surface area contributed by atoms with Gasteiger partial charge in [-0.05, 0) is 85.0 Å². The second-order valence-electron chi connectivity index (χ2n) is 11.7. The summed E-state index contributed by atoms with van der Waals surface area (Å²) in [5.74, 6) is -3.04. The van der Waals surface area contributed by atoms with Crippen molar-refractivity contribution in [2.75, 3.05) is 19.7 Å². The van der Waals surface area contributed by atoms with Crippen LogP contribution in [0.2, 0.25) is 0 Å². The molecule has 3 atom stereocenters. The molecule has 4 rings (SSSR count). The van der Waals surface area contributed by atoms with Gasteiger partial charge in [-0.25, -0.2) is 17.2 Å². The summed E-state index contributed by atoms with van der Waals surface area (Å²) in [6.07, 6.45) is -2.04. The molecule has 3 N–H and O–H groups in total. The number of aliphatic carboxylic acids is 1. The van der Waals surface area contributed by atoms with E-state index in [-0.39, 0.29) is 85.4 Å². The van der Waals surface area contributed by atoms with Crippen molar-refractivity contribution in [3.05, 3.63) is 65.9 Å². The van der Waals surface area contributed by atoms with Crippen molar-refractivity contribution >= 4 is 16.0 Å². The molecule has 0 amide bonds. The molecule has 2 heterocycles. The Morgan fingerprint density at radius 2 is 1.58 bits per heavy atom. The van der Waals surface area contributed by atoms with Crippen molar-refractivity contribution in [3.63, 3.8) is 0 Å². The van der Waals surface area contributed by atoms with Crippen LogP contribution < -0.4 is 34.7 Å². The summed E-state index contributed by atoms with van der Waals surface area (Å²) in [6, 6.07) is 11.0. The number of carboxylic acid groups (broad SMARTS) is 1. The normalized spacial score (nSPS) is 17.2. The monoisotopic (exact) mass is 656 g/mol. The maximum atomic E-state index is 14.6. The number of halogens is 2. The van der Waals surface area contributed by atoms with E-state index in [1.54, 1.807) is 4.57 Å². The number of benzene rings is 2. The molecular weight excluding hydrogens is 617 g/mol. The van der Waals surface area contributed by atoms with Gasteiger partial charge in [0, 0.05) is 49.9 Å². The van der Waals surface area contributed by atoms with E-state index in [0.717, 1.165) is 0 Å². The van der Waals surface area contributed by atoms with Crippen LogP contribution in [-0.4, -0.2) is 70.5 Å². The minimum Gasteiger partial charge on any atom is -0.550 e. The summed E-state index contributed by atoms with van der Waals surface area (Å²) in [4.78, 5) is 10.9. The molecule has 1 aromatic heterocycles. The average molecular weight is 657 g/mol. The largest absolute Gasteiger partial charge is 1.00 e. The Morgan fingerprint density at radius 1 is 1.00 bits per heavy atom. The van der Waals surface area contributed by atoms with Crippen LogP contribution in [0.5, 0.6) is 0 Å². The molecule has 3 aromatic rings. The van der Waals surface area contributed by atoms with Crippen LogP contribution in [0.3, 0.4) is 0 Å². The molecule has 0 radical (unpaired) electrons. The molecule has 9 nitrogen and oxygen atoms in total. The van der Waals surface area contributed by atoms with Gasteiger partial charge >= 0.3 is 29.6 Å². The number of aromatic nitrogens is 1. The van der Waals surface area contributed by atoms with Crippen molar-refractivity contribution < 1.29 is 72.0 Å². The third kappa shape index (κ3) is 8.81. The summed E-state index contributed by atoms with van der Waals surface area (Å²) in [5.41, 5.74) is 2.07. The predicted molar refractivity (Wildman–Crippen MR) is 159 cm³/mol. The van der Waals surface area contributed by atoms with E-state index in [0.29, 0.717) is 40.9 Å². The number of carboxylic acids is 1. The molecule has 3 unspecified atom stereocenters. The molecule has 0 spiro atoms. The Morgan fingerprint density at radius 3 is 2.11 bits per heavy atom. The van der Waals surface area contributed by atoms with Crippen LogP contribution in [0.4, 0.5) is 8.78 Å². The smallest absolute Gasteiger partial charge is 0.550 e. The maximum Gasteiger partial charge on any atom is 1.00 e. The van der Waals surface area contributed by atoms with Gasteiger partial charge in [-0.15, -0.1) is 0 Å². The fourth-order valence-corrected chi connectivity index (χ4v) is 8.10. The van der Waals surface area contributed by atoms with Crippen LogP contribution in [0.1, 0.15) is 57.6 Å². The molecule has 0 bridgehead atoms. The third-order valence-corrected chi connectivity index (χ3v) is 9.97. The SMILES string of the molecule is CC(C)c1c(S(=O)(=O)N2CCCC(CO)C2)c(-c2ccc(F)cc2)c(-c2ccc(F)cc2)n1CCC(O)CC(O)CC(=O)[O-].[Na+]. The minimum absolute atomic E-state index is 0. The number of hydrogen-bond acceptors (Lipinski definition) is 7. The van der Waals surface area contributed by atoms with E-state index < -0.39 is 46.3 Å². The van der Waals surface area contributed by atoms with Gasteiger partial charge in [-0.3, -0.25) is 0 Å². The molecule has 45 heavy (non-hydrogen) atoms. The van der Waals surface area contributed by atoms with Crippen LogP contribution in [0, 0.1) is 17.6 Å². The topological polar surface area (TPSA) is 143 Å². The van der Waals surface area contributed by atoms with Gasteiger partial charge in [0.25, 0.3) is 0 Å². The predicted octanol–water partition coefficient (Wildman–Crippen LogP) is 0.263. The van der Waals surface area contributed by atoms with E-state index in [2.05, 4.69) is 0 Å². The summed E-state index contributed by atoms with van der Waals surface area (Å²) >= 11 is 0. The Bertz CT molecular complexity index is 1550. The van der Waals surface area contributed by atoms with E-state index >= 15 is 0 Å². The number of nitrogens with zero attached hydrogens (tertiary/aromatic N) is 2. The van der Waals surface area contributed by atoms with Crippen LogP contribution in [-0.2, 0) is 21.4 Å². The standard InChI is InChI=1S/C32H40F2N2O7S.Na/c1-20(2)30-32(44(42,43)35-14-3-4-21(18-35)19-37)29(22-5-9-24(33)10-6-22)31(23-7-11-25(34)12-8-23)36(30)15-13-26(38)16-27(39)17-28(40)41;/h5-12,20-21,26-27,37-39H,3-4,13-19H2,1-2H3,(H,40,41);/q;+1/p-1. The first kappa shape index (κ1) is 37.3. The molecule has 1 fully saturated rings. The van der Waals surface area contributed by atoms with Gasteiger partial charge < -0.3 is 29.8 Å². The summed E-state index contributed by atoms with van der Waals surface area (Å²) < 4.78 is 60.6. The maximum absolute atomic E-state index is 14.6. The number of aliphatic hydroxyl groups is 3. The van der Waals surface area contributed by atoms with Crippen LogP contribution >= 0.6 is 0 Å². The fraction of sp³-hybridized carbons (Fsp3) is 0.469. The summed E-state index contributed by atoms with van der Waals surface area (Å²) in [5, 5.41) is 41.5. The Labute approximate surface area is 284 Å². The Balaban J connectivity index is 0.00000552. The van der Waals surface area contributed by atoms with Crippen molar-refractivity contribution in [2.24, 2.45) is 5.92 Å². The minimum atomic E-state index is -4.20. The second kappa shape index (κ2) is 16.1. The molecule has 1 saturated heterocycles. The van der Waals surface area contributed by atoms with Gasteiger partial charge in [0.2, 0.25) is 10.0 Å². The van der Waals surface area contributed by atoms with Crippen molar-refractivity contribution in [3.8, 4) is 22.4 Å². The van der Waals surface area contributed by atoms with Gasteiger partial charge in [0.15, 0.2) is 0 Å². The summed E-state index contributed by atoms with van der Waals surface area (Å²) in [7, 11) is -4.20. The number of rotatable bonds is 13. The van der Waals surface area contributed by atoms with Crippen molar-refractivity contribution in [1.29, 1.82) is 0 Å². The van der Waals surface area contributed by atoms with Gasteiger partial charge in [-0.2, -0.15) is 4.31 Å². The average Bonchev–Trinajstić information content (AvgIpc) is 3.32. The number of hydrogen-bond donors (Lipinski definition) is 3. The van der Waals surface area contributed by atoms with Gasteiger partial charge in [-0.1, -0.05) is 26.0 Å². The Kier molecular flexibility index (Phi) is 13.3. The summed E-state index contributed by atoms with van der Waals surface area (Å²) in [6.45, 7) is 3.97. The van der Waals surface area contributed by atoms with E-state index in [4.69, 9.17) is 0 Å². The number of aliphatic hydroxyl groups excluding tert-OH is 3. The molecule has 240 valence electrons. The number of carbonyl (C=O) groups is 1. The van der Waals surface area contributed by atoms with Crippen molar-refractivity contribution in [2.45, 2.75) is 75.5 Å². The zero-order chi connectivity index (χ0) is 32.2. The quantitative estimate of drug-likeness (QED) is 0.224. The molecule has 13 heteroatoms. The molecule has 1 aliphatic heterocycles. The van der Waals surface area contributed by atoms with Gasteiger partial charge in [0.1, 0.15) is 16.5 Å². The van der Waals surface area contributed by atoms with Crippen LogP contribution in [0.25, 0.3) is 22.4 Å². The first-order valence-corrected chi connectivity index (χ1v) is 16.2. The molecule has 1 aliphatic rings. The van der Waals surface area contributed by atoms with E-state index in [9.17, 15) is 42.4 Å². The zero-order valence-corrected chi connectivity index (χ0v) is 28.6. The van der Waals surface area contributed by atoms with Crippen molar-refractivity contribution in [1.82, 2.24) is 8.87 Å². The molecule has 0 aliphatic carbocycles. The number of piperidine rings is 1. The number of sulfonamides is 1. The second-order valence-corrected chi connectivity index (χ2v) is 13.6. The Hall–Kier alpha value is -2.16. The fourth-order valence-electron chi connectivity index (χ4n) is 5.98. The van der Waals surface area contributed by atoms with E-state index in [1.165, 1.54) is 52.8 Å². The van der Waals surface area contributed by atoms with Gasteiger partial charge in [0.05, 0.1) is 17.9 Å². The molecule has 0 saturated carbocycles. The third-order valence-electron chi connectivity index (χ3n) is 8.02. The van der Waals surface area contributed by atoms with Crippen LogP contribution in [0.15, 0.2) is 53.4 Å². The molecule has 2 aromatic carbocycles. The first-order valence-electron chi connectivity index (χ1n) is 14.8. The first-order chi connectivity index (χ1) is 20.8. The molecular formula is C32H39F2N2NaO7S.